The van der Waals surface area contributed by atoms with Crippen LogP contribution in [-0.4, -0.2) is 62.8 Å². The van der Waals surface area contributed by atoms with Gasteiger partial charge in [0.1, 0.15) is 0 Å². The first-order valence-corrected chi connectivity index (χ1v) is 10.8. The van der Waals surface area contributed by atoms with Gasteiger partial charge in [-0.05, 0) is 33.1 Å². The third-order valence-electron chi connectivity index (χ3n) is 3.53. The third kappa shape index (κ3) is 11.9. The Morgan fingerprint density at radius 1 is 1.04 bits per heavy atom. The molecule has 0 aromatic carbocycles. The van der Waals surface area contributed by atoms with Crippen LogP contribution in [0.4, 0.5) is 0 Å². The second-order valence-corrected chi connectivity index (χ2v) is 10.9. The smallest absolute Gasteiger partial charge is 0.726 e. The van der Waals surface area contributed by atoms with Crippen LogP contribution in [0.25, 0.3) is 0 Å². The average molecular weight is 412 g/mol. The van der Waals surface area contributed by atoms with E-state index < -0.39 is 38.7 Å². The number of ether oxygens (including phenoxy) is 1. The molecule has 25 heavy (non-hydrogen) atoms. The van der Waals surface area contributed by atoms with Gasteiger partial charge < -0.3 is 9.29 Å². The van der Waals surface area contributed by atoms with E-state index >= 15 is 0 Å². The summed E-state index contributed by atoms with van der Waals surface area (Å²) >= 11 is 0. The molecule has 0 aromatic rings. The molecule has 8 nitrogen and oxygen atoms in total. The molecule has 0 heterocycles. The second kappa shape index (κ2) is 9.79. The van der Waals surface area contributed by atoms with Crippen LogP contribution >= 0.6 is 0 Å². The van der Waals surface area contributed by atoms with Gasteiger partial charge in [0.25, 0.3) is 0 Å². The van der Waals surface area contributed by atoms with Crippen LogP contribution in [0.5, 0.6) is 0 Å². The number of sulfonamides is 1. The van der Waals surface area contributed by atoms with Crippen molar-refractivity contribution in [3.8, 4) is 0 Å². The zero-order valence-corrected chi connectivity index (χ0v) is 20.3. The summed E-state index contributed by atoms with van der Waals surface area (Å²) in [6, 6.07) is 0. The largest absolute Gasteiger partial charge is 1.00 e. The zero-order valence-electron chi connectivity index (χ0n) is 16.7. The molecular weight excluding hydrogens is 381 g/mol. The Morgan fingerprint density at radius 2 is 1.48 bits per heavy atom. The number of rotatable bonds is 8. The molecule has 0 N–H and O–H groups in total. The first-order chi connectivity index (χ1) is 10.3. The van der Waals surface area contributed by atoms with Gasteiger partial charge in [-0.25, -0.2) is 16.8 Å². The van der Waals surface area contributed by atoms with Gasteiger partial charge in [-0.2, -0.15) is 4.31 Å². The van der Waals surface area contributed by atoms with Crippen LogP contribution in [0.1, 0.15) is 48.5 Å². The van der Waals surface area contributed by atoms with Crippen LogP contribution in [0, 0.1) is 5.41 Å². The molecular formula is C14H30NNaO7S2. The Kier molecular flexibility index (Phi) is 10.9. The minimum atomic E-state index is -4.90. The van der Waals surface area contributed by atoms with Crippen molar-refractivity contribution < 1.29 is 59.9 Å². The number of nitrogens with zero attached hydrogens (tertiary/aromatic N) is 1. The summed E-state index contributed by atoms with van der Waals surface area (Å²) in [5.41, 5.74) is -0.997. The normalized spacial score (nSPS) is 16.4. The van der Waals surface area contributed by atoms with E-state index in [-0.39, 0.29) is 47.6 Å². The third-order valence-corrected chi connectivity index (χ3v) is 5.45. The Bertz CT molecular complexity index is 606. The van der Waals surface area contributed by atoms with Crippen molar-refractivity contribution in [2.45, 2.75) is 66.2 Å². The van der Waals surface area contributed by atoms with Crippen LogP contribution in [0.3, 0.4) is 0 Å². The first kappa shape index (κ1) is 28.0. The van der Waals surface area contributed by atoms with E-state index in [9.17, 15) is 21.4 Å². The molecule has 0 unspecified atom stereocenters. The predicted octanol–water partition coefficient (Wildman–Crippen LogP) is -1.65. The predicted molar refractivity (Wildman–Crippen MR) is 90.7 cm³/mol. The van der Waals surface area contributed by atoms with Gasteiger partial charge in [0.05, 0.1) is 25.1 Å². The van der Waals surface area contributed by atoms with Crippen molar-refractivity contribution >= 4 is 20.4 Å². The summed E-state index contributed by atoms with van der Waals surface area (Å²) in [5.74, 6) is 0. The maximum Gasteiger partial charge on any atom is 1.00 e. The minimum absolute atomic E-state index is 0. The summed E-state index contributed by atoms with van der Waals surface area (Å²) < 4.78 is 67.6. The summed E-state index contributed by atoms with van der Waals surface area (Å²) in [4.78, 5) is 0. The molecule has 0 rings (SSSR count). The van der Waals surface area contributed by atoms with Crippen molar-refractivity contribution in [2.75, 3.05) is 19.4 Å². The molecule has 0 amide bonds. The molecule has 0 fully saturated rings. The molecule has 0 spiro atoms. The molecule has 0 saturated carbocycles. The fraction of sp³-hybridized carbons (Fsp3) is 1.00. The van der Waals surface area contributed by atoms with E-state index in [0.29, 0.717) is 0 Å². The van der Waals surface area contributed by atoms with Gasteiger partial charge >= 0.3 is 29.6 Å². The van der Waals surface area contributed by atoms with Crippen molar-refractivity contribution in [3.63, 3.8) is 0 Å². The number of hydrogen-bond acceptors (Lipinski definition) is 7. The SMILES string of the molecule is C[C@H](O[C@H](COS(=O)(=O)[O-])CN(C(C)(C)C)S(C)(=O)=O)C(C)(C)C.[Na+]. The Hall–Kier alpha value is 0.740. The molecule has 11 heteroatoms. The molecule has 0 bridgehead atoms. The Morgan fingerprint density at radius 3 is 1.76 bits per heavy atom. The quantitative estimate of drug-likeness (QED) is 0.267. The summed E-state index contributed by atoms with van der Waals surface area (Å²) in [5, 5.41) is 0. The van der Waals surface area contributed by atoms with E-state index in [1.807, 2.05) is 20.8 Å². The summed E-state index contributed by atoms with van der Waals surface area (Å²) in [6.45, 7) is 12.0. The monoisotopic (exact) mass is 411 g/mol. The first-order valence-electron chi connectivity index (χ1n) is 7.57. The minimum Gasteiger partial charge on any atom is -0.726 e. The molecule has 2 atom stereocenters. The molecule has 0 radical (unpaired) electrons. The van der Waals surface area contributed by atoms with Crippen LogP contribution in [0.2, 0.25) is 0 Å². The Balaban J connectivity index is 0. The van der Waals surface area contributed by atoms with E-state index in [0.717, 1.165) is 6.26 Å². The van der Waals surface area contributed by atoms with Gasteiger partial charge in [-0.1, -0.05) is 20.8 Å². The van der Waals surface area contributed by atoms with Crippen molar-refractivity contribution in [1.29, 1.82) is 0 Å². The van der Waals surface area contributed by atoms with Gasteiger partial charge in [-0.15, -0.1) is 0 Å². The van der Waals surface area contributed by atoms with Gasteiger partial charge in [0.15, 0.2) is 0 Å². The fourth-order valence-electron chi connectivity index (χ4n) is 1.88. The summed E-state index contributed by atoms with van der Waals surface area (Å²) in [6.07, 6.45) is -0.160. The maximum atomic E-state index is 12.0. The number of hydrogen-bond donors (Lipinski definition) is 0. The van der Waals surface area contributed by atoms with Gasteiger partial charge in [-0.3, -0.25) is 4.18 Å². The van der Waals surface area contributed by atoms with Crippen LogP contribution < -0.4 is 29.6 Å². The average Bonchev–Trinajstić information content (AvgIpc) is 2.26. The van der Waals surface area contributed by atoms with E-state index in [1.165, 1.54) is 4.31 Å². The topological polar surface area (TPSA) is 113 Å². The van der Waals surface area contributed by atoms with Gasteiger partial charge in [0.2, 0.25) is 20.4 Å². The van der Waals surface area contributed by atoms with Crippen LogP contribution in [0.15, 0.2) is 0 Å². The van der Waals surface area contributed by atoms with Gasteiger partial charge in [0, 0.05) is 12.1 Å². The van der Waals surface area contributed by atoms with Crippen molar-refractivity contribution in [1.82, 2.24) is 4.31 Å². The van der Waals surface area contributed by atoms with Crippen LogP contribution in [-0.2, 0) is 29.3 Å². The van der Waals surface area contributed by atoms with E-state index in [2.05, 4.69) is 4.18 Å². The summed E-state index contributed by atoms with van der Waals surface area (Å²) in [7, 11) is -8.47. The Labute approximate surface area is 174 Å². The molecule has 0 aromatic heterocycles. The molecule has 0 aliphatic rings. The van der Waals surface area contributed by atoms with E-state index in [1.54, 1.807) is 27.7 Å². The van der Waals surface area contributed by atoms with Crippen molar-refractivity contribution in [2.24, 2.45) is 5.41 Å². The zero-order chi connectivity index (χ0) is 19.6. The standard InChI is InChI=1S/C14H31NO7S2.Na/c1-11(13(2,3)4)22-12(10-21-24(18,19)20)9-15(14(5,6)7)23(8,16)17;/h11-12H,9-10H2,1-8H3,(H,18,19,20);/q;+1/p-1/t11-,12-;/m0./s1. The maximum absolute atomic E-state index is 12.0. The second-order valence-electron chi connectivity index (χ2n) is 7.92. The molecule has 146 valence electrons. The van der Waals surface area contributed by atoms with E-state index in [4.69, 9.17) is 4.74 Å². The molecule has 0 saturated heterocycles. The fourth-order valence-corrected chi connectivity index (χ4v) is 3.63. The van der Waals surface area contributed by atoms with Crippen molar-refractivity contribution in [3.05, 3.63) is 0 Å². The molecule has 0 aliphatic carbocycles. The molecule has 0 aliphatic heterocycles.